The molecule has 0 atom stereocenters. The van der Waals surface area contributed by atoms with E-state index >= 15 is 0 Å². The maximum Gasteiger partial charge on any atom is 0.0625 e. The number of aryl methyl sites for hydroxylation is 3. The number of rotatable bonds is 5. The van der Waals surface area contributed by atoms with E-state index in [0.717, 1.165) is 31.5 Å². The van der Waals surface area contributed by atoms with E-state index in [0.29, 0.717) is 0 Å². The number of nitrogens with zero attached hydrogens (tertiary/aromatic N) is 2. The molecular weight excluding hydrogens is 164 g/mol. The van der Waals surface area contributed by atoms with Gasteiger partial charge in [-0.2, -0.15) is 5.10 Å². The van der Waals surface area contributed by atoms with Crippen LogP contribution in [0.25, 0.3) is 0 Å². The smallest absolute Gasteiger partial charge is 0.0625 e. The quantitative estimate of drug-likeness (QED) is 0.750. The van der Waals surface area contributed by atoms with Crippen LogP contribution in [0.5, 0.6) is 0 Å². The molecule has 0 saturated carbocycles. The van der Waals surface area contributed by atoms with Crippen LogP contribution in [0.4, 0.5) is 0 Å². The summed E-state index contributed by atoms with van der Waals surface area (Å²) in [7, 11) is 0. The standard InChI is InChI=1S/C10H18N2O/c1-3-6-12-8-10(5-4-7-13)9(2)11-12/h8,13H,3-7H2,1-2H3. The second-order valence-corrected chi connectivity index (χ2v) is 3.33. The van der Waals surface area contributed by atoms with Gasteiger partial charge in [-0.1, -0.05) is 6.92 Å². The highest BCUT2D eigenvalue weighted by Crippen LogP contribution is 2.08. The third-order valence-electron chi connectivity index (χ3n) is 2.10. The minimum atomic E-state index is 0.262. The summed E-state index contributed by atoms with van der Waals surface area (Å²) < 4.78 is 1.99. The molecule has 0 aliphatic heterocycles. The molecule has 74 valence electrons. The van der Waals surface area contributed by atoms with Crippen molar-refractivity contribution in [1.82, 2.24) is 9.78 Å². The highest BCUT2D eigenvalue weighted by Gasteiger charge is 2.03. The first-order chi connectivity index (χ1) is 6.27. The molecule has 0 fully saturated rings. The third-order valence-corrected chi connectivity index (χ3v) is 2.10. The molecule has 0 bridgehead atoms. The summed E-state index contributed by atoms with van der Waals surface area (Å²) in [5, 5.41) is 13.1. The lowest BCUT2D eigenvalue weighted by Gasteiger charge is -1.95. The van der Waals surface area contributed by atoms with E-state index in [2.05, 4.69) is 18.2 Å². The van der Waals surface area contributed by atoms with Crippen molar-refractivity contribution in [1.29, 1.82) is 0 Å². The number of aliphatic hydroxyl groups is 1. The molecule has 3 nitrogen and oxygen atoms in total. The number of aliphatic hydroxyl groups excluding tert-OH is 1. The van der Waals surface area contributed by atoms with Crippen LogP contribution in [0, 0.1) is 6.92 Å². The van der Waals surface area contributed by atoms with Crippen molar-refractivity contribution >= 4 is 0 Å². The average molecular weight is 182 g/mol. The first-order valence-corrected chi connectivity index (χ1v) is 4.91. The molecule has 3 heteroatoms. The van der Waals surface area contributed by atoms with E-state index in [9.17, 15) is 0 Å². The molecule has 13 heavy (non-hydrogen) atoms. The first-order valence-electron chi connectivity index (χ1n) is 4.91. The van der Waals surface area contributed by atoms with Crippen LogP contribution in [0.2, 0.25) is 0 Å². The Bertz CT molecular complexity index is 255. The van der Waals surface area contributed by atoms with Gasteiger partial charge < -0.3 is 5.11 Å². The van der Waals surface area contributed by atoms with E-state index in [1.807, 2.05) is 11.6 Å². The molecule has 0 unspecified atom stereocenters. The molecule has 1 aromatic rings. The SMILES string of the molecule is CCCn1cc(CCCO)c(C)n1. The van der Waals surface area contributed by atoms with Gasteiger partial charge >= 0.3 is 0 Å². The summed E-state index contributed by atoms with van der Waals surface area (Å²) in [5.74, 6) is 0. The molecule has 1 heterocycles. The molecule has 0 aliphatic rings. The molecule has 0 amide bonds. The molecule has 1 rings (SSSR count). The fourth-order valence-electron chi connectivity index (χ4n) is 1.42. The van der Waals surface area contributed by atoms with Crippen LogP contribution < -0.4 is 0 Å². The van der Waals surface area contributed by atoms with Gasteiger partial charge in [0.25, 0.3) is 0 Å². The van der Waals surface area contributed by atoms with E-state index < -0.39 is 0 Å². The normalized spacial score (nSPS) is 10.7. The summed E-state index contributed by atoms with van der Waals surface area (Å²) in [4.78, 5) is 0. The summed E-state index contributed by atoms with van der Waals surface area (Å²) >= 11 is 0. The second kappa shape index (κ2) is 5.02. The largest absolute Gasteiger partial charge is 0.396 e. The summed E-state index contributed by atoms with van der Waals surface area (Å²) in [6.07, 6.45) is 4.97. The van der Waals surface area contributed by atoms with Crippen LogP contribution in [-0.4, -0.2) is 21.5 Å². The Balaban J connectivity index is 2.60. The Hall–Kier alpha value is -0.830. The highest BCUT2D eigenvalue weighted by molar-refractivity contribution is 5.15. The molecule has 1 N–H and O–H groups in total. The van der Waals surface area contributed by atoms with E-state index in [1.165, 1.54) is 5.56 Å². The average Bonchev–Trinajstić information content (AvgIpc) is 2.44. The highest BCUT2D eigenvalue weighted by atomic mass is 16.2. The zero-order valence-electron chi connectivity index (χ0n) is 8.45. The van der Waals surface area contributed by atoms with E-state index in [-0.39, 0.29) is 6.61 Å². The summed E-state index contributed by atoms with van der Waals surface area (Å²) in [6, 6.07) is 0. The fourth-order valence-corrected chi connectivity index (χ4v) is 1.42. The first kappa shape index (κ1) is 10.3. The maximum atomic E-state index is 8.70. The van der Waals surface area contributed by atoms with Gasteiger partial charge in [0.15, 0.2) is 0 Å². The van der Waals surface area contributed by atoms with Crippen molar-refractivity contribution in [3.63, 3.8) is 0 Å². The molecular formula is C10H18N2O. The van der Waals surface area contributed by atoms with Gasteiger partial charge in [-0.3, -0.25) is 4.68 Å². The molecule has 0 aromatic carbocycles. The molecule has 0 radical (unpaired) electrons. The van der Waals surface area contributed by atoms with Gasteiger partial charge in [0.2, 0.25) is 0 Å². The van der Waals surface area contributed by atoms with Crippen LogP contribution in [-0.2, 0) is 13.0 Å². The topological polar surface area (TPSA) is 38.0 Å². The summed E-state index contributed by atoms with van der Waals surface area (Å²) in [6.45, 7) is 5.42. The lowest BCUT2D eigenvalue weighted by Crippen LogP contribution is -1.96. The van der Waals surface area contributed by atoms with Crippen molar-refractivity contribution in [2.45, 2.75) is 39.7 Å². The summed E-state index contributed by atoms with van der Waals surface area (Å²) in [5.41, 5.74) is 2.37. The molecule has 1 aromatic heterocycles. The monoisotopic (exact) mass is 182 g/mol. The van der Waals surface area contributed by atoms with Crippen LogP contribution in [0.15, 0.2) is 6.20 Å². The predicted octanol–water partition coefficient (Wildman–Crippen LogP) is 1.53. The number of hydrogen-bond donors (Lipinski definition) is 1. The van der Waals surface area contributed by atoms with Gasteiger partial charge in [-0.25, -0.2) is 0 Å². The second-order valence-electron chi connectivity index (χ2n) is 3.33. The molecule has 0 spiro atoms. The third kappa shape index (κ3) is 2.84. The zero-order valence-corrected chi connectivity index (χ0v) is 8.45. The van der Waals surface area contributed by atoms with Crippen molar-refractivity contribution in [3.8, 4) is 0 Å². The van der Waals surface area contributed by atoms with Crippen molar-refractivity contribution in [2.75, 3.05) is 6.61 Å². The number of aromatic nitrogens is 2. The van der Waals surface area contributed by atoms with Gasteiger partial charge in [0, 0.05) is 19.3 Å². The van der Waals surface area contributed by atoms with Gasteiger partial charge in [0.05, 0.1) is 5.69 Å². The lowest BCUT2D eigenvalue weighted by molar-refractivity contribution is 0.288. The maximum absolute atomic E-state index is 8.70. The Kier molecular flexibility index (Phi) is 3.96. The van der Waals surface area contributed by atoms with Crippen molar-refractivity contribution in [2.24, 2.45) is 0 Å². The van der Waals surface area contributed by atoms with Gasteiger partial charge in [-0.15, -0.1) is 0 Å². The van der Waals surface area contributed by atoms with Crippen molar-refractivity contribution in [3.05, 3.63) is 17.5 Å². The van der Waals surface area contributed by atoms with Gasteiger partial charge in [0.1, 0.15) is 0 Å². The van der Waals surface area contributed by atoms with E-state index in [1.54, 1.807) is 0 Å². The van der Waals surface area contributed by atoms with Crippen LogP contribution >= 0.6 is 0 Å². The minimum absolute atomic E-state index is 0.262. The predicted molar refractivity (Wildman–Crippen MR) is 52.7 cm³/mol. The fraction of sp³-hybridized carbons (Fsp3) is 0.700. The molecule has 0 aliphatic carbocycles. The van der Waals surface area contributed by atoms with Crippen LogP contribution in [0.3, 0.4) is 0 Å². The minimum Gasteiger partial charge on any atom is -0.396 e. The Morgan fingerprint density at radius 2 is 2.31 bits per heavy atom. The Morgan fingerprint density at radius 3 is 2.92 bits per heavy atom. The number of hydrogen-bond acceptors (Lipinski definition) is 2. The van der Waals surface area contributed by atoms with Crippen LogP contribution in [0.1, 0.15) is 31.0 Å². The lowest BCUT2D eigenvalue weighted by atomic mass is 10.1. The Labute approximate surface area is 79.4 Å². The van der Waals surface area contributed by atoms with Gasteiger partial charge in [-0.05, 0) is 31.7 Å². The Morgan fingerprint density at radius 1 is 1.54 bits per heavy atom. The van der Waals surface area contributed by atoms with Crippen molar-refractivity contribution < 1.29 is 5.11 Å². The van der Waals surface area contributed by atoms with E-state index in [4.69, 9.17) is 5.11 Å². The zero-order chi connectivity index (χ0) is 9.68. The molecule has 0 saturated heterocycles.